The first-order valence-corrected chi connectivity index (χ1v) is 7.55. The van der Waals surface area contributed by atoms with Crippen molar-refractivity contribution >= 4 is 40.7 Å². The Bertz CT molecular complexity index is 789. The highest BCUT2D eigenvalue weighted by atomic mass is 35.5. The van der Waals surface area contributed by atoms with Crippen LogP contribution in [0.5, 0.6) is 5.75 Å². The molecule has 24 heavy (non-hydrogen) atoms. The second-order valence-electron chi connectivity index (χ2n) is 5.00. The molecule has 2 amide bonds. The highest BCUT2D eigenvalue weighted by Gasteiger charge is 2.14. The SMILES string of the molecule is Cc1ccc(NC(=O)CNC(=O)c2cc(F)c(O)c(Cl)c2)c(Cl)c1. The van der Waals surface area contributed by atoms with E-state index in [9.17, 15) is 19.1 Å². The molecule has 0 spiro atoms. The zero-order chi connectivity index (χ0) is 17.9. The highest BCUT2D eigenvalue weighted by molar-refractivity contribution is 6.33. The summed E-state index contributed by atoms with van der Waals surface area (Å²) in [4.78, 5) is 23.8. The standard InChI is InChI=1S/C16H13Cl2FN2O3/c1-8-2-3-13(10(17)4-8)21-14(22)7-20-16(24)9-5-11(18)15(23)12(19)6-9/h2-6,23H,7H2,1H3,(H,20,24)(H,21,22). The molecule has 3 N–H and O–H groups in total. The normalized spacial score (nSPS) is 10.3. The Morgan fingerprint density at radius 3 is 2.50 bits per heavy atom. The monoisotopic (exact) mass is 370 g/mol. The Morgan fingerprint density at radius 1 is 1.17 bits per heavy atom. The van der Waals surface area contributed by atoms with Crippen LogP contribution in [0.25, 0.3) is 0 Å². The molecule has 2 aromatic rings. The molecule has 0 unspecified atom stereocenters. The summed E-state index contributed by atoms with van der Waals surface area (Å²) in [6.07, 6.45) is 0. The van der Waals surface area contributed by atoms with Crippen molar-refractivity contribution in [2.75, 3.05) is 11.9 Å². The predicted octanol–water partition coefficient (Wildman–Crippen LogP) is 3.52. The number of phenolic OH excluding ortho intramolecular Hbond substituents is 1. The number of carbonyl (C=O) groups is 2. The third kappa shape index (κ3) is 4.37. The fourth-order valence-corrected chi connectivity index (χ4v) is 2.37. The number of carbonyl (C=O) groups excluding carboxylic acids is 2. The van der Waals surface area contributed by atoms with Gasteiger partial charge in [-0.2, -0.15) is 0 Å². The Morgan fingerprint density at radius 2 is 1.88 bits per heavy atom. The van der Waals surface area contributed by atoms with E-state index < -0.39 is 23.4 Å². The second-order valence-corrected chi connectivity index (χ2v) is 5.82. The molecule has 5 nitrogen and oxygen atoms in total. The summed E-state index contributed by atoms with van der Waals surface area (Å²) < 4.78 is 13.4. The number of benzene rings is 2. The second kappa shape index (κ2) is 7.51. The third-order valence-corrected chi connectivity index (χ3v) is 3.69. The quantitative estimate of drug-likeness (QED) is 0.770. The van der Waals surface area contributed by atoms with E-state index in [0.717, 1.165) is 17.7 Å². The minimum Gasteiger partial charge on any atom is -0.504 e. The van der Waals surface area contributed by atoms with Crippen LogP contribution < -0.4 is 10.6 Å². The Hall–Kier alpha value is -2.31. The summed E-state index contributed by atoms with van der Waals surface area (Å²) in [5, 5.41) is 14.2. The van der Waals surface area contributed by atoms with E-state index >= 15 is 0 Å². The van der Waals surface area contributed by atoms with Crippen LogP contribution in [0, 0.1) is 12.7 Å². The van der Waals surface area contributed by atoms with Crippen LogP contribution >= 0.6 is 23.2 Å². The summed E-state index contributed by atoms with van der Waals surface area (Å²) in [5.74, 6) is -2.97. The molecule has 0 aliphatic rings. The van der Waals surface area contributed by atoms with Gasteiger partial charge in [-0.1, -0.05) is 29.3 Å². The third-order valence-electron chi connectivity index (χ3n) is 3.09. The van der Waals surface area contributed by atoms with Crippen molar-refractivity contribution in [2.45, 2.75) is 6.92 Å². The lowest BCUT2D eigenvalue weighted by Crippen LogP contribution is -2.33. The minimum atomic E-state index is -1.02. The van der Waals surface area contributed by atoms with Gasteiger partial charge >= 0.3 is 0 Å². The molecule has 0 aromatic heterocycles. The molecule has 0 aliphatic carbocycles. The summed E-state index contributed by atoms with van der Waals surface area (Å²) in [5.41, 5.74) is 1.24. The van der Waals surface area contributed by atoms with E-state index in [1.807, 2.05) is 6.92 Å². The van der Waals surface area contributed by atoms with Crippen LogP contribution in [0.4, 0.5) is 10.1 Å². The maximum Gasteiger partial charge on any atom is 0.251 e. The van der Waals surface area contributed by atoms with E-state index in [1.165, 1.54) is 0 Å². The van der Waals surface area contributed by atoms with Gasteiger partial charge in [-0.3, -0.25) is 9.59 Å². The van der Waals surface area contributed by atoms with Gasteiger partial charge in [-0.15, -0.1) is 0 Å². The maximum absolute atomic E-state index is 13.4. The lowest BCUT2D eigenvalue weighted by molar-refractivity contribution is -0.115. The van der Waals surface area contributed by atoms with Crippen molar-refractivity contribution in [3.05, 3.63) is 57.3 Å². The van der Waals surface area contributed by atoms with Crippen molar-refractivity contribution in [3.63, 3.8) is 0 Å². The lowest BCUT2D eigenvalue weighted by Gasteiger charge is -2.09. The molecule has 126 valence electrons. The van der Waals surface area contributed by atoms with Crippen molar-refractivity contribution < 1.29 is 19.1 Å². The van der Waals surface area contributed by atoms with Crippen molar-refractivity contribution in [2.24, 2.45) is 0 Å². The van der Waals surface area contributed by atoms with Crippen molar-refractivity contribution in [1.82, 2.24) is 5.32 Å². The van der Waals surface area contributed by atoms with Gasteiger partial charge in [0, 0.05) is 5.56 Å². The topological polar surface area (TPSA) is 78.4 Å². The zero-order valence-corrected chi connectivity index (χ0v) is 14.0. The van der Waals surface area contributed by atoms with Crippen LogP contribution in [-0.4, -0.2) is 23.5 Å². The molecule has 0 radical (unpaired) electrons. The van der Waals surface area contributed by atoms with Gasteiger partial charge in [0.25, 0.3) is 5.91 Å². The first-order valence-electron chi connectivity index (χ1n) is 6.80. The Labute approximate surface area is 147 Å². The first-order chi connectivity index (χ1) is 11.3. The van der Waals surface area contributed by atoms with Crippen LogP contribution in [0.1, 0.15) is 15.9 Å². The number of hydrogen-bond acceptors (Lipinski definition) is 3. The van der Waals surface area contributed by atoms with Crippen molar-refractivity contribution in [1.29, 1.82) is 0 Å². The number of hydrogen-bond donors (Lipinski definition) is 3. The number of nitrogens with one attached hydrogen (secondary N) is 2. The molecule has 0 atom stereocenters. The molecule has 0 saturated heterocycles. The van der Waals surface area contributed by atoms with Crippen LogP contribution in [0.15, 0.2) is 30.3 Å². The van der Waals surface area contributed by atoms with Gasteiger partial charge < -0.3 is 15.7 Å². The molecular formula is C16H13Cl2FN2O3. The number of amides is 2. The van der Waals surface area contributed by atoms with Crippen LogP contribution in [0.3, 0.4) is 0 Å². The smallest absolute Gasteiger partial charge is 0.251 e. The molecule has 2 rings (SSSR count). The number of phenols is 1. The average Bonchev–Trinajstić information content (AvgIpc) is 2.52. The number of halogens is 3. The van der Waals surface area contributed by atoms with Gasteiger partial charge in [0.15, 0.2) is 11.6 Å². The number of aromatic hydroxyl groups is 1. The maximum atomic E-state index is 13.4. The average molecular weight is 371 g/mol. The van der Waals surface area contributed by atoms with Crippen LogP contribution in [-0.2, 0) is 4.79 Å². The molecule has 8 heteroatoms. The van der Waals surface area contributed by atoms with E-state index in [4.69, 9.17) is 23.2 Å². The zero-order valence-electron chi connectivity index (χ0n) is 12.5. The van der Waals surface area contributed by atoms with Gasteiger partial charge in [0.2, 0.25) is 5.91 Å². The van der Waals surface area contributed by atoms with E-state index in [0.29, 0.717) is 10.7 Å². The van der Waals surface area contributed by atoms with Crippen molar-refractivity contribution in [3.8, 4) is 5.75 Å². The number of aryl methyl sites for hydroxylation is 1. The molecule has 2 aromatic carbocycles. The fraction of sp³-hybridized carbons (Fsp3) is 0.125. The summed E-state index contributed by atoms with van der Waals surface area (Å²) >= 11 is 11.6. The molecule has 0 saturated carbocycles. The molecule has 0 heterocycles. The lowest BCUT2D eigenvalue weighted by atomic mass is 10.2. The first kappa shape index (κ1) is 18.0. The molecular weight excluding hydrogens is 358 g/mol. The van der Waals surface area contributed by atoms with E-state index in [1.54, 1.807) is 18.2 Å². The van der Waals surface area contributed by atoms with Gasteiger partial charge in [-0.05, 0) is 36.8 Å². The predicted molar refractivity (Wildman–Crippen MR) is 90.2 cm³/mol. The van der Waals surface area contributed by atoms with Crippen LogP contribution in [0.2, 0.25) is 10.0 Å². The van der Waals surface area contributed by atoms with Gasteiger partial charge in [0.1, 0.15) is 0 Å². The molecule has 0 bridgehead atoms. The Kier molecular flexibility index (Phi) is 5.64. The Balaban J connectivity index is 1.97. The fourth-order valence-electron chi connectivity index (χ4n) is 1.88. The van der Waals surface area contributed by atoms with E-state index in [2.05, 4.69) is 10.6 Å². The van der Waals surface area contributed by atoms with Gasteiger partial charge in [0.05, 0.1) is 22.3 Å². The summed E-state index contributed by atoms with van der Waals surface area (Å²) in [6.45, 7) is 1.52. The summed E-state index contributed by atoms with van der Waals surface area (Å²) in [7, 11) is 0. The summed E-state index contributed by atoms with van der Waals surface area (Å²) in [6, 6.07) is 7.04. The highest BCUT2D eigenvalue weighted by Crippen LogP contribution is 2.27. The largest absolute Gasteiger partial charge is 0.504 e. The molecule has 0 fully saturated rings. The van der Waals surface area contributed by atoms with Gasteiger partial charge in [-0.25, -0.2) is 4.39 Å². The molecule has 0 aliphatic heterocycles. The van der Waals surface area contributed by atoms with E-state index in [-0.39, 0.29) is 17.1 Å². The number of anilines is 1. The minimum absolute atomic E-state index is 0.114. The number of rotatable bonds is 4.